The van der Waals surface area contributed by atoms with E-state index in [0.717, 1.165) is 80.2 Å². The highest BCUT2D eigenvalue weighted by atomic mass is 15.3. The maximum absolute atomic E-state index is 9.02. The van der Waals surface area contributed by atoms with Gasteiger partial charge in [0.1, 0.15) is 11.3 Å². The van der Waals surface area contributed by atoms with Gasteiger partial charge in [-0.1, -0.05) is 6.07 Å². The standard InChI is InChI=1S/C25H35N9/c1-32-14-16-34(17-15-32)22-8-12-29-25-24(22)30-23(31-25)19-33(13-3-2-9-26)18-21-20(6-4-10-27)7-5-11-28-21/h5,7-8,11-12H,2-4,6,9,13-19,26H2,1H3,(H,29,30,31). The number of nitriles is 1. The molecule has 0 atom stereocenters. The lowest BCUT2D eigenvalue weighted by Gasteiger charge is -2.34. The third-order valence-corrected chi connectivity index (χ3v) is 6.43. The number of anilines is 1. The highest BCUT2D eigenvalue weighted by molar-refractivity contribution is 5.86. The van der Waals surface area contributed by atoms with E-state index in [2.05, 4.69) is 54.9 Å². The fraction of sp³-hybridized carbons (Fsp3) is 0.520. The van der Waals surface area contributed by atoms with Crippen LogP contribution in [0.3, 0.4) is 0 Å². The van der Waals surface area contributed by atoms with Crippen molar-refractivity contribution in [3.8, 4) is 6.07 Å². The van der Waals surface area contributed by atoms with Gasteiger partial charge < -0.3 is 20.5 Å². The molecule has 9 nitrogen and oxygen atoms in total. The second-order valence-corrected chi connectivity index (χ2v) is 8.98. The Morgan fingerprint density at radius 1 is 1.12 bits per heavy atom. The van der Waals surface area contributed by atoms with E-state index >= 15 is 0 Å². The first-order chi connectivity index (χ1) is 16.7. The normalized spacial score (nSPS) is 14.7. The highest BCUT2D eigenvalue weighted by Crippen LogP contribution is 2.25. The summed E-state index contributed by atoms with van der Waals surface area (Å²) in [5, 5.41) is 9.02. The predicted molar refractivity (Wildman–Crippen MR) is 134 cm³/mol. The molecule has 1 saturated heterocycles. The van der Waals surface area contributed by atoms with Crippen LogP contribution in [0.25, 0.3) is 11.2 Å². The van der Waals surface area contributed by atoms with Gasteiger partial charge in [0.15, 0.2) is 5.65 Å². The van der Waals surface area contributed by atoms with Gasteiger partial charge in [0.25, 0.3) is 0 Å². The van der Waals surface area contributed by atoms with E-state index in [1.54, 1.807) is 0 Å². The lowest BCUT2D eigenvalue weighted by atomic mass is 10.1. The van der Waals surface area contributed by atoms with Crippen LogP contribution in [0.15, 0.2) is 30.6 Å². The number of aromatic nitrogens is 4. The minimum absolute atomic E-state index is 0.496. The first-order valence-electron chi connectivity index (χ1n) is 12.2. The summed E-state index contributed by atoms with van der Waals surface area (Å²) in [4.78, 5) is 24.7. The maximum atomic E-state index is 9.02. The maximum Gasteiger partial charge on any atom is 0.179 e. The smallest absolute Gasteiger partial charge is 0.179 e. The molecule has 3 aromatic rings. The van der Waals surface area contributed by atoms with Crippen LogP contribution in [-0.4, -0.2) is 76.1 Å². The molecule has 3 N–H and O–H groups in total. The minimum atomic E-state index is 0.496. The summed E-state index contributed by atoms with van der Waals surface area (Å²) in [5.74, 6) is 0.909. The number of piperazine rings is 1. The number of nitrogens with two attached hydrogens (primary N) is 1. The summed E-state index contributed by atoms with van der Waals surface area (Å²) in [6.07, 6.45) is 6.90. The summed E-state index contributed by atoms with van der Waals surface area (Å²) in [7, 11) is 2.17. The van der Waals surface area contributed by atoms with E-state index in [1.807, 2.05) is 18.5 Å². The van der Waals surface area contributed by atoms with Crippen LogP contribution in [0.5, 0.6) is 0 Å². The Morgan fingerprint density at radius 2 is 1.97 bits per heavy atom. The molecule has 0 aliphatic carbocycles. The van der Waals surface area contributed by atoms with Gasteiger partial charge in [-0.05, 0) is 57.1 Å². The quantitative estimate of drug-likeness (QED) is 0.418. The molecule has 1 fully saturated rings. The van der Waals surface area contributed by atoms with E-state index < -0.39 is 0 Å². The summed E-state index contributed by atoms with van der Waals surface area (Å²) in [5.41, 5.74) is 10.9. The number of pyridine rings is 2. The number of likely N-dealkylation sites (N-methyl/N-ethyl adjacent to an activating group) is 1. The molecule has 0 bridgehead atoms. The number of fused-ring (bicyclic) bond motifs is 1. The molecule has 3 aromatic heterocycles. The number of imidazole rings is 1. The zero-order valence-electron chi connectivity index (χ0n) is 20.1. The molecule has 4 rings (SSSR count). The molecule has 0 saturated carbocycles. The van der Waals surface area contributed by atoms with Crippen LogP contribution in [0, 0.1) is 11.3 Å². The summed E-state index contributed by atoms with van der Waals surface area (Å²) >= 11 is 0. The molecule has 180 valence electrons. The van der Waals surface area contributed by atoms with E-state index in [0.29, 0.717) is 26.1 Å². The van der Waals surface area contributed by atoms with Gasteiger partial charge in [-0.3, -0.25) is 9.88 Å². The molecule has 0 spiro atoms. The van der Waals surface area contributed by atoms with Crippen molar-refractivity contribution >= 4 is 16.9 Å². The fourth-order valence-electron chi connectivity index (χ4n) is 4.48. The van der Waals surface area contributed by atoms with Crippen molar-refractivity contribution in [2.45, 2.75) is 38.8 Å². The van der Waals surface area contributed by atoms with E-state index in [-0.39, 0.29) is 0 Å². The van der Waals surface area contributed by atoms with Crippen molar-refractivity contribution in [2.24, 2.45) is 5.73 Å². The molecule has 4 heterocycles. The van der Waals surface area contributed by atoms with Gasteiger partial charge in [-0.2, -0.15) is 5.26 Å². The third-order valence-electron chi connectivity index (χ3n) is 6.43. The van der Waals surface area contributed by atoms with Crippen LogP contribution in [0.2, 0.25) is 0 Å². The number of unbranched alkanes of at least 4 members (excludes halogenated alkanes) is 1. The van der Waals surface area contributed by atoms with Crippen molar-refractivity contribution in [1.82, 2.24) is 29.7 Å². The monoisotopic (exact) mass is 461 g/mol. The van der Waals surface area contributed by atoms with Crippen molar-refractivity contribution in [1.29, 1.82) is 5.26 Å². The van der Waals surface area contributed by atoms with E-state index in [1.165, 1.54) is 5.69 Å². The first-order valence-corrected chi connectivity index (χ1v) is 12.2. The molecule has 1 aliphatic rings. The zero-order valence-corrected chi connectivity index (χ0v) is 20.1. The molecule has 0 aromatic carbocycles. The molecule has 9 heteroatoms. The van der Waals surface area contributed by atoms with Crippen LogP contribution in [0.4, 0.5) is 5.69 Å². The average molecular weight is 462 g/mol. The molecular weight excluding hydrogens is 426 g/mol. The van der Waals surface area contributed by atoms with Crippen LogP contribution >= 0.6 is 0 Å². The van der Waals surface area contributed by atoms with E-state index in [4.69, 9.17) is 16.0 Å². The molecule has 1 aliphatic heterocycles. The summed E-state index contributed by atoms with van der Waals surface area (Å²) < 4.78 is 0. The second kappa shape index (κ2) is 11.9. The average Bonchev–Trinajstić information content (AvgIpc) is 3.27. The van der Waals surface area contributed by atoms with Gasteiger partial charge in [0.2, 0.25) is 0 Å². The minimum Gasteiger partial charge on any atom is -0.367 e. The molecule has 0 amide bonds. The Balaban J connectivity index is 1.54. The number of H-pyrrole nitrogens is 1. The number of hydrogen-bond acceptors (Lipinski definition) is 8. The SMILES string of the molecule is CN1CCN(c2ccnc3nc(CN(CCCCN)Cc4ncccc4CCC#N)[nH]c23)CC1. The highest BCUT2D eigenvalue weighted by Gasteiger charge is 2.19. The Labute approximate surface area is 201 Å². The topological polar surface area (TPSA) is 114 Å². The zero-order chi connectivity index (χ0) is 23.8. The largest absolute Gasteiger partial charge is 0.367 e. The summed E-state index contributed by atoms with van der Waals surface area (Å²) in [6.45, 7) is 7.09. The van der Waals surface area contributed by atoms with Crippen LogP contribution in [0.1, 0.15) is 36.3 Å². The fourth-order valence-corrected chi connectivity index (χ4v) is 4.48. The van der Waals surface area contributed by atoms with Crippen molar-refractivity contribution in [3.63, 3.8) is 0 Å². The number of rotatable bonds is 11. The van der Waals surface area contributed by atoms with Gasteiger partial charge in [-0.15, -0.1) is 0 Å². The van der Waals surface area contributed by atoms with E-state index in [9.17, 15) is 0 Å². The number of aryl methyl sites for hydroxylation is 1. The first kappa shape index (κ1) is 24.1. The predicted octanol–water partition coefficient (Wildman–Crippen LogP) is 2.30. The van der Waals surface area contributed by atoms with Crippen LogP contribution in [-0.2, 0) is 19.5 Å². The lowest BCUT2D eigenvalue weighted by molar-refractivity contribution is 0.243. The number of hydrogen-bond donors (Lipinski definition) is 2. The third kappa shape index (κ3) is 6.08. The summed E-state index contributed by atoms with van der Waals surface area (Å²) in [6, 6.07) is 8.35. The molecule has 0 radical (unpaired) electrons. The number of nitrogens with zero attached hydrogens (tertiary/aromatic N) is 7. The second-order valence-electron chi connectivity index (χ2n) is 8.98. The number of nitrogens with one attached hydrogen (secondary N) is 1. The Bertz CT molecular complexity index is 1100. The number of aromatic amines is 1. The van der Waals surface area contributed by atoms with Crippen molar-refractivity contribution < 1.29 is 0 Å². The molecular formula is C25H35N9. The Hall–Kier alpha value is -3.06. The molecule has 34 heavy (non-hydrogen) atoms. The van der Waals surface area contributed by atoms with Crippen LogP contribution < -0.4 is 10.6 Å². The van der Waals surface area contributed by atoms with Crippen molar-refractivity contribution in [2.75, 3.05) is 51.2 Å². The van der Waals surface area contributed by atoms with Gasteiger partial charge >= 0.3 is 0 Å². The van der Waals surface area contributed by atoms with Gasteiger partial charge in [-0.25, -0.2) is 9.97 Å². The molecule has 0 unspecified atom stereocenters. The van der Waals surface area contributed by atoms with Crippen molar-refractivity contribution in [3.05, 3.63) is 47.7 Å². The Morgan fingerprint density at radius 3 is 2.76 bits per heavy atom. The van der Waals surface area contributed by atoms with Gasteiger partial charge in [0.05, 0.1) is 24.0 Å². The Kier molecular flexibility index (Phi) is 8.41. The van der Waals surface area contributed by atoms with Gasteiger partial charge in [0, 0.05) is 51.5 Å². The lowest BCUT2D eigenvalue weighted by Crippen LogP contribution is -2.44.